The first-order valence-electron chi connectivity index (χ1n) is 7.72. The van der Waals surface area contributed by atoms with Gasteiger partial charge in [-0.1, -0.05) is 45.4 Å². The van der Waals surface area contributed by atoms with Crippen LogP contribution in [0.3, 0.4) is 0 Å². The van der Waals surface area contributed by atoms with Crippen LogP contribution in [0.4, 0.5) is 0 Å². The summed E-state index contributed by atoms with van der Waals surface area (Å²) in [4.78, 5) is 17.3. The number of hydrogen-bond acceptors (Lipinski definition) is 3. The van der Waals surface area contributed by atoms with E-state index in [9.17, 15) is 4.79 Å². The molecule has 2 aromatic heterocycles. The first-order chi connectivity index (χ1) is 9.79. The molecule has 0 amide bonds. The molecular formula is C16H24N2OS. The molecular weight excluding hydrogens is 268 g/mol. The molecule has 0 aliphatic heterocycles. The van der Waals surface area contributed by atoms with Crippen molar-refractivity contribution in [2.24, 2.45) is 0 Å². The van der Waals surface area contributed by atoms with Crippen LogP contribution >= 0.6 is 11.3 Å². The van der Waals surface area contributed by atoms with Gasteiger partial charge in [0.1, 0.15) is 5.78 Å². The minimum Gasteiger partial charge on any atom is -0.299 e. The molecule has 0 aliphatic carbocycles. The Hall–Kier alpha value is -1.16. The molecule has 0 bridgehead atoms. The van der Waals surface area contributed by atoms with Crippen LogP contribution < -0.4 is 0 Å². The van der Waals surface area contributed by atoms with Gasteiger partial charge >= 0.3 is 0 Å². The Morgan fingerprint density at radius 3 is 2.70 bits per heavy atom. The number of aromatic nitrogens is 2. The maximum absolute atomic E-state index is 11.9. The predicted octanol–water partition coefficient (Wildman–Crippen LogP) is 4.65. The van der Waals surface area contributed by atoms with E-state index in [4.69, 9.17) is 0 Å². The maximum atomic E-state index is 11.9. The fraction of sp³-hybridized carbons (Fsp3) is 0.625. The van der Waals surface area contributed by atoms with Gasteiger partial charge in [-0.3, -0.25) is 9.20 Å². The number of thiazole rings is 1. The summed E-state index contributed by atoms with van der Waals surface area (Å²) in [6, 6.07) is 0. The van der Waals surface area contributed by atoms with E-state index in [1.165, 1.54) is 38.5 Å². The number of hydrogen-bond donors (Lipinski definition) is 0. The second-order valence-corrected chi connectivity index (χ2v) is 6.28. The standard InChI is InChI=1S/C16H24N2OS/c1-2-3-4-5-6-7-8-9-15(19)12-14-13-18-10-11-20-16(18)17-14/h10-11,13H,2-9,12H2,1H3. The summed E-state index contributed by atoms with van der Waals surface area (Å²) in [5.41, 5.74) is 0.907. The van der Waals surface area contributed by atoms with E-state index in [0.29, 0.717) is 18.6 Å². The summed E-state index contributed by atoms with van der Waals surface area (Å²) in [6.07, 6.45) is 13.9. The second kappa shape index (κ2) is 8.20. The van der Waals surface area contributed by atoms with Crippen molar-refractivity contribution in [1.29, 1.82) is 0 Å². The van der Waals surface area contributed by atoms with E-state index in [0.717, 1.165) is 17.1 Å². The zero-order chi connectivity index (χ0) is 14.2. The molecule has 2 aromatic rings. The molecule has 0 fully saturated rings. The molecule has 110 valence electrons. The molecule has 0 N–H and O–H groups in total. The summed E-state index contributed by atoms with van der Waals surface area (Å²) >= 11 is 1.61. The lowest BCUT2D eigenvalue weighted by Crippen LogP contribution is -2.02. The largest absolute Gasteiger partial charge is 0.299 e. The van der Waals surface area contributed by atoms with Crippen molar-refractivity contribution >= 4 is 22.1 Å². The van der Waals surface area contributed by atoms with Crippen molar-refractivity contribution in [3.63, 3.8) is 0 Å². The van der Waals surface area contributed by atoms with Gasteiger partial charge in [-0.25, -0.2) is 4.98 Å². The van der Waals surface area contributed by atoms with Gasteiger partial charge in [0.25, 0.3) is 0 Å². The van der Waals surface area contributed by atoms with Crippen LogP contribution in [0.15, 0.2) is 17.8 Å². The highest BCUT2D eigenvalue weighted by Crippen LogP contribution is 2.13. The molecule has 0 atom stereocenters. The van der Waals surface area contributed by atoms with Crippen molar-refractivity contribution in [2.45, 2.75) is 64.7 Å². The molecule has 3 nitrogen and oxygen atoms in total. The molecule has 20 heavy (non-hydrogen) atoms. The van der Waals surface area contributed by atoms with Gasteiger partial charge in [-0.2, -0.15) is 0 Å². The summed E-state index contributed by atoms with van der Waals surface area (Å²) < 4.78 is 1.99. The van der Waals surface area contributed by atoms with Crippen molar-refractivity contribution in [1.82, 2.24) is 9.38 Å². The number of nitrogens with zero attached hydrogens (tertiary/aromatic N) is 2. The Bertz CT molecular complexity index is 501. The fourth-order valence-electron chi connectivity index (χ4n) is 2.43. The molecule has 2 rings (SSSR count). The van der Waals surface area contributed by atoms with Gasteiger partial charge in [-0.15, -0.1) is 11.3 Å². The van der Waals surface area contributed by atoms with Crippen molar-refractivity contribution in [3.05, 3.63) is 23.5 Å². The normalized spacial score (nSPS) is 11.2. The monoisotopic (exact) mass is 292 g/mol. The summed E-state index contributed by atoms with van der Waals surface area (Å²) in [6.45, 7) is 2.23. The lowest BCUT2D eigenvalue weighted by molar-refractivity contribution is -0.118. The van der Waals surface area contributed by atoms with Crippen molar-refractivity contribution in [2.75, 3.05) is 0 Å². The number of ketones is 1. The van der Waals surface area contributed by atoms with Gasteiger partial charge in [0, 0.05) is 24.2 Å². The smallest absolute Gasteiger partial charge is 0.193 e. The number of unbranched alkanes of at least 4 members (excludes halogenated alkanes) is 6. The lowest BCUT2D eigenvalue weighted by Gasteiger charge is -2.00. The zero-order valence-electron chi connectivity index (χ0n) is 12.3. The topological polar surface area (TPSA) is 34.4 Å². The molecule has 0 aromatic carbocycles. The first-order valence-corrected chi connectivity index (χ1v) is 8.60. The Morgan fingerprint density at radius 1 is 1.20 bits per heavy atom. The quantitative estimate of drug-likeness (QED) is 0.597. The Kier molecular flexibility index (Phi) is 6.25. The fourth-order valence-corrected chi connectivity index (χ4v) is 3.15. The average molecular weight is 292 g/mol. The van der Waals surface area contributed by atoms with Gasteiger partial charge < -0.3 is 0 Å². The number of carbonyl (C=O) groups is 1. The van der Waals surface area contributed by atoms with Gasteiger partial charge in [0.15, 0.2) is 4.96 Å². The molecule has 0 radical (unpaired) electrons. The molecule has 0 saturated heterocycles. The predicted molar refractivity (Wildman–Crippen MR) is 84.4 cm³/mol. The van der Waals surface area contributed by atoms with Crippen LogP contribution in [-0.2, 0) is 11.2 Å². The van der Waals surface area contributed by atoms with Crippen LogP contribution in [0.5, 0.6) is 0 Å². The Morgan fingerprint density at radius 2 is 1.95 bits per heavy atom. The number of fused-ring (bicyclic) bond motifs is 1. The highest BCUT2D eigenvalue weighted by molar-refractivity contribution is 7.15. The van der Waals surface area contributed by atoms with E-state index in [1.54, 1.807) is 11.3 Å². The average Bonchev–Trinajstić information content (AvgIpc) is 2.98. The number of carbonyl (C=O) groups excluding carboxylic acids is 1. The third-order valence-corrected chi connectivity index (χ3v) is 4.35. The van der Waals surface area contributed by atoms with Crippen LogP contribution in [0, 0.1) is 0 Å². The summed E-state index contributed by atoms with van der Waals surface area (Å²) in [5, 5.41) is 2.01. The van der Waals surface area contributed by atoms with Gasteiger partial charge in [0.05, 0.1) is 12.1 Å². The third-order valence-electron chi connectivity index (χ3n) is 3.58. The van der Waals surface area contributed by atoms with Crippen LogP contribution in [0.25, 0.3) is 4.96 Å². The minimum absolute atomic E-state index is 0.323. The molecule has 0 saturated carbocycles. The summed E-state index contributed by atoms with van der Waals surface area (Å²) in [5.74, 6) is 0.323. The summed E-state index contributed by atoms with van der Waals surface area (Å²) in [7, 11) is 0. The van der Waals surface area contributed by atoms with Crippen LogP contribution in [-0.4, -0.2) is 15.2 Å². The molecule has 0 aliphatic rings. The highest BCUT2D eigenvalue weighted by atomic mass is 32.1. The second-order valence-electron chi connectivity index (χ2n) is 5.41. The third kappa shape index (κ3) is 4.75. The van der Waals surface area contributed by atoms with Crippen LogP contribution in [0.1, 0.15) is 64.0 Å². The SMILES string of the molecule is CCCCCCCCCC(=O)Cc1cn2ccsc2n1. The van der Waals surface area contributed by atoms with E-state index < -0.39 is 0 Å². The van der Waals surface area contributed by atoms with E-state index in [2.05, 4.69) is 11.9 Å². The molecule has 0 unspecified atom stereocenters. The van der Waals surface area contributed by atoms with Crippen molar-refractivity contribution in [3.8, 4) is 0 Å². The Balaban J connectivity index is 1.59. The van der Waals surface area contributed by atoms with E-state index in [1.807, 2.05) is 22.2 Å². The van der Waals surface area contributed by atoms with E-state index in [-0.39, 0.29) is 0 Å². The molecule has 4 heteroatoms. The Labute approximate surface area is 125 Å². The van der Waals surface area contributed by atoms with Gasteiger partial charge in [-0.05, 0) is 6.42 Å². The number of rotatable bonds is 10. The van der Waals surface area contributed by atoms with Crippen LogP contribution in [0.2, 0.25) is 0 Å². The highest BCUT2D eigenvalue weighted by Gasteiger charge is 2.08. The van der Waals surface area contributed by atoms with Gasteiger partial charge in [0.2, 0.25) is 0 Å². The van der Waals surface area contributed by atoms with Crippen molar-refractivity contribution < 1.29 is 4.79 Å². The maximum Gasteiger partial charge on any atom is 0.193 e. The van der Waals surface area contributed by atoms with E-state index >= 15 is 0 Å². The number of imidazole rings is 1. The lowest BCUT2D eigenvalue weighted by atomic mass is 10.1. The minimum atomic E-state index is 0.323. The zero-order valence-corrected chi connectivity index (χ0v) is 13.1. The molecule has 2 heterocycles. The number of Topliss-reactive ketones (excluding diaryl/α,β-unsaturated/α-hetero) is 1. The molecule has 0 spiro atoms. The first kappa shape index (κ1) is 15.2.